The first-order valence-electron chi connectivity index (χ1n) is 5.08. The van der Waals surface area contributed by atoms with E-state index in [9.17, 15) is 0 Å². The highest BCUT2D eigenvalue weighted by Crippen LogP contribution is 2.21. The molecule has 2 nitrogen and oxygen atoms in total. The molecule has 80 valence electrons. The number of likely N-dealkylation sites (tertiary alicyclic amines) is 1. The SMILES string of the molecule is C.CCCC1CCN(COC)CC1. The molecule has 13 heavy (non-hydrogen) atoms. The standard InChI is InChI=1S/C10H21NO.CH4/c1-3-4-10-5-7-11(8-6-10)9-12-2;/h10H,3-9H2,1-2H3;1H4. The highest BCUT2D eigenvalue weighted by atomic mass is 16.5. The Balaban J connectivity index is 0.00000144. The molecule has 1 saturated heterocycles. The Bertz CT molecular complexity index is 94.7. The fourth-order valence-electron chi connectivity index (χ4n) is 2.00. The quantitative estimate of drug-likeness (QED) is 0.671. The van der Waals surface area contributed by atoms with E-state index in [1.807, 2.05) is 0 Å². The molecule has 0 spiro atoms. The van der Waals surface area contributed by atoms with Crippen LogP contribution in [0.2, 0.25) is 0 Å². The van der Waals surface area contributed by atoms with Crippen LogP contribution in [-0.2, 0) is 4.74 Å². The highest BCUT2D eigenvalue weighted by Gasteiger charge is 2.17. The smallest absolute Gasteiger partial charge is 0.0986 e. The molecular formula is C11H25NO. The number of methoxy groups -OCH3 is 1. The Hall–Kier alpha value is -0.0800. The lowest BCUT2D eigenvalue weighted by Gasteiger charge is -2.30. The van der Waals surface area contributed by atoms with Crippen LogP contribution in [-0.4, -0.2) is 31.8 Å². The average Bonchev–Trinajstić information content (AvgIpc) is 2.09. The van der Waals surface area contributed by atoms with Gasteiger partial charge in [0.15, 0.2) is 0 Å². The van der Waals surface area contributed by atoms with Gasteiger partial charge in [-0.3, -0.25) is 4.90 Å². The summed E-state index contributed by atoms with van der Waals surface area (Å²) < 4.78 is 5.10. The predicted molar refractivity (Wildman–Crippen MR) is 57.8 cm³/mol. The van der Waals surface area contributed by atoms with E-state index >= 15 is 0 Å². The molecule has 1 rings (SSSR count). The van der Waals surface area contributed by atoms with Gasteiger partial charge in [0.05, 0.1) is 6.73 Å². The number of hydrogen-bond donors (Lipinski definition) is 0. The summed E-state index contributed by atoms with van der Waals surface area (Å²) in [6.07, 6.45) is 5.50. The van der Waals surface area contributed by atoms with E-state index in [4.69, 9.17) is 4.74 Å². The average molecular weight is 187 g/mol. The van der Waals surface area contributed by atoms with Crippen LogP contribution < -0.4 is 0 Å². The van der Waals surface area contributed by atoms with Crippen LogP contribution in [0.4, 0.5) is 0 Å². The van der Waals surface area contributed by atoms with Crippen molar-refractivity contribution in [3.8, 4) is 0 Å². The first-order chi connectivity index (χ1) is 5.86. The van der Waals surface area contributed by atoms with Gasteiger partial charge in [-0.05, 0) is 18.8 Å². The number of ether oxygens (including phenoxy) is 1. The van der Waals surface area contributed by atoms with Gasteiger partial charge in [0, 0.05) is 20.2 Å². The van der Waals surface area contributed by atoms with Gasteiger partial charge in [-0.1, -0.05) is 27.2 Å². The maximum atomic E-state index is 5.10. The maximum absolute atomic E-state index is 5.10. The number of hydrogen-bond acceptors (Lipinski definition) is 2. The monoisotopic (exact) mass is 187 g/mol. The molecular weight excluding hydrogens is 162 g/mol. The molecule has 0 aliphatic carbocycles. The van der Waals surface area contributed by atoms with Gasteiger partial charge >= 0.3 is 0 Å². The van der Waals surface area contributed by atoms with Crippen molar-refractivity contribution in [2.24, 2.45) is 5.92 Å². The summed E-state index contributed by atoms with van der Waals surface area (Å²) in [4.78, 5) is 2.40. The van der Waals surface area contributed by atoms with Gasteiger partial charge < -0.3 is 4.74 Å². The van der Waals surface area contributed by atoms with Crippen molar-refractivity contribution < 1.29 is 4.74 Å². The minimum Gasteiger partial charge on any atom is -0.369 e. The van der Waals surface area contributed by atoms with E-state index in [2.05, 4.69) is 11.8 Å². The zero-order valence-corrected chi connectivity index (χ0v) is 8.38. The lowest BCUT2D eigenvalue weighted by molar-refractivity contribution is 0.0384. The Labute approximate surface area is 83.3 Å². The third-order valence-electron chi connectivity index (χ3n) is 2.72. The molecule has 0 atom stereocenters. The highest BCUT2D eigenvalue weighted by molar-refractivity contribution is 4.70. The largest absolute Gasteiger partial charge is 0.369 e. The summed E-state index contributed by atoms with van der Waals surface area (Å²) in [6.45, 7) is 5.57. The number of nitrogens with zero attached hydrogens (tertiary/aromatic N) is 1. The topological polar surface area (TPSA) is 12.5 Å². The summed E-state index contributed by atoms with van der Waals surface area (Å²) in [7, 11) is 1.78. The van der Waals surface area contributed by atoms with E-state index in [1.165, 1.54) is 38.8 Å². The van der Waals surface area contributed by atoms with Crippen molar-refractivity contribution in [1.82, 2.24) is 4.90 Å². The second kappa shape index (κ2) is 7.34. The Morgan fingerprint density at radius 1 is 1.31 bits per heavy atom. The molecule has 1 aliphatic heterocycles. The van der Waals surface area contributed by atoms with Gasteiger partial charge in [0.2, 0.25) is 0 Å². The van der Waals surface area contributed by atoms with E-state index < -0.39 is 0 Å². The minimum atomic E-state index is 0. The van der Waals surface area contributed by atoms with Crippen molar-refractivity contribution in [3.05, 3.63) is 0 Å². The predicted octanol–water partition coefficient (Wildman–Crippen LogP) is 2.74. The molecule has 0 aromatic carbocycles. The van der Waals surface area contributed by atoms with Crippen LogP contribution in [0.5, 0.6) is 0 Å². The Kier molecular flexibility index (Phi) is 7.29. The molecule has 0 unspecified atom stereocenters. The molecule has 1 heterocycles. The lowest BCUT2D eigenvalue weighted by atomic mass is 9.93. The molecule has 0 amide bonds. The van der Waals surface area contributed by atoms with Crippen molar-refractivity contribution in [1.29, 1.82) is 0 Å². The zero-order chi connectivity index (χ0) is 8.81. The first kappa shape index (κ1) is 12.9. The summed E-state index contributed by atoms with van der Waals surface area (Å²) in [5.74, 6) is 0.989. The molecule has 0 N–H and O–H groups in total. The van der Waals surface area contributed by atoms with E-state index in [1.54, 1.807) is 7.11 Å². The summed E-state index contributed by atoms with van der Waals surface area (Å²) in [6, 6.07) is 0. The molecule has 1 fully saturated rings. The number of rotatable bonds is 4. The Morgan fingerprint density at radius 3 is 2.38 bits per heavy atom. The van der Waals surface area contributed by atoms with Crippen LogP contribution in [0, 0.1) is 5.92 Å². The summed E-state index contributed by atoms with van der Waals surface area (Å²) in [5, 5.41) is 0. The second-order valence-electron chi connectivity index (χ2n) is 3.77. The van der Waals surface area contributed by atoms with Crippen LogP contribution in [0.1, 0.15) is 40.0 Å². The maximum Gasteiger partial charge on any atom is 0.0986 e. The first-order valence-corrected chi connectivity index (χ1v) is 5.08. The molecule has 0 aromatic heterocycles. The number of piperidine rings is 1. The lowest BCUT2D eigenvalue weighted by Crippen LogP contribution is -2.34. The van der Waals surface area contributed by atoms with E-state index in [0.29, 0.717) is 0 Å². The molecule has 1 aliphatic rings. The van der Waals surface area contributed by atoms with Crippen molar-refractivity contribution in [2.75, 3.05) is 26.9 Å². The van der Waals surface area contributed by atoms with Crippen LogP contribution in [0.15, 0.2) is 0 Å². The third kappa shape index (κ3) is 4.63. The van der Waals surface area contributed by atoms with Crippen LogP contribution in [0.25, 0.3) is 0 Å². The molecule has 0 aromatic rings. The third-order valence-corrected chi connectivity index (χ3v) is 2.72. The fourth-order valence-corrected chi connectivity index (χ4v) is 2.00. The molecule has 2 heteroatoms. The van der Waals surface area contributed by atoms with Crippen molar-refractivity contribution in [2.45, 2.75) is 40.0 Å². The van der Waals surface area contributed by atoms with Gasteiger partial charge in [0.25, 0.3) is 0 Å². The molecule has 0 radical (unpaired) electrons. The minimum absolute atomic E-state index is 0. The van der Waals surface area contributed by atoms with E-state index in [0.717, 1.165) is 12.6 Å². The van der Waals surface area contributed by atoms with Crippen LogP contribution in [0.3, 0.4) is 0 Å². The van der Waals surface area contributed by atoms with E-state index in [-0.39, 0.29) is 7.43 Å². The molecule has 0 bridgehead atoms. The summed E-state index contributed by atoms with van der Waals surface area (Å²) >= 11 is 0. The van der Waals surface area contributed by atoms with Crippen molar-refractivity contribution in [3.63, 3.8) is 0 Å². The van der Waals surface area contributed by atoms with Gasteiger partial charge in [-0.25, -0.2) is 0 Å². The second-order valence-corrected chi connectivity index (χ2v) is 3.77. The van der Waals surface area contributed by atoms with Gasteiger partial charge in [-0.15, -0.1) is 0 Å². The Morgan fingerprint density at radius 2 is 1.92 bits per heavy atom. The van der Waals surface area contributed by atoms with Gasteiger partial charge in [-0.2, -0.15) is 0 Å². The summed E-state index contributed by atoms with van der Waals surface area (Å²) in [5.41, 5.74) is 0. The van der Waals surface area contributed by atoms with Gasteiger partial charge in [0.1, 0.15) is 0 Å². The van der Waals surface area contributed by atoms with Crippen LogP contribution >= 0.6 is 0 Å². The zero-order valence-electron chi connectivity index (χ0n) is 8.38. The molecule has 0 saturated carbocycles. The fraction of sp³-hybridized carbons (Fsp3) is 1.00. The normalized spacial score (nSPS) is 19.8. The van der Waals surface area contributed by atoms with Crippen molar-refractivity contribution >= 4 is 0 Å².